The summed E-state index contributed by atoms with van der Waals surface area (Å²) in [7, 11) is 0. The molecule has 0 saturated carbocycles. The third kappa shape index (κ3) is 1.95. The fraction of sp³-hybridized carbons (Fsp3) is 0.545. The molecule has 0 spiro atoms. The molecule has 90 valence electrons. The zero-order chi connectivity index (χ0) is 11.8. The van der Waals surface area contributed by atoms with Crippen molar-refractivity contribution in [2.24, 2.45) is 0 Å². The Labute approximate surface area is 98.6 Å². The number of rotatable bonds is 2. The van der Waals surface area contributed by atoms with Crippen molar-refractivity contribution in [2.75, 3.05) is 5.73 Å². The van der Waals surface area contributed by atoms with Gasteiger partial charge in [-0.2, -0.15) is 0 Å². The molecule has 0 aliphatic carbocycles. The van der Waals surface area contributed by atoms with Gasteiger partial charge in [-0.3, -0.25) is 4.79 Å². The summed E-state index contributed by atoms with van der Waals surface area (Å²) in [4.78, 5) is 19.7. The van der Waals surface area contributed by atoms with E-state index in [1.807, 2.05) is 0 Å². The molecule has 3 atom stereocenters. The van der Waals surface area contributed by atoms with E-state index in [0.29, 0.717) is 17.6 Å². The van der Waals surface area contributed by atoms with Gasteiger partial charge < -0.3 is 15.8 Å². The van der Waals surface area contributed by atoms with E-state index in [1.165, 1.54) is 12.4 Å². The second-order valence-electron chi connectivity index (χ2n) is 4.52. The highest BCUT2D eigenvalue weighted by Crippen LogP contribution is 2.34. The fourth-order valence-electron chi connectivity index (χ4n) is 2.49. The average Bonchev–Trinajstić information content (AvgIpc) is 2.91. The van der Waals surface area contributed by atoms with E-state index in [4.69, 9.17) is 10.5 Å². The van der Waals surface area contributed by atoms with Crippen LogP contribution in [0.25, 0.3) is 0 Å². The molecule has 2 aliphatic heterocycles. The second kappa shape index (κ2) is 3.96. The maximum atomic E-state index is 11.9. The molecule has 3 unspecified atom stereocenters. The summed E-state index contributed by atoms with van der Waals surface area (Å²) in [5.41, 5.74) is 5.71. The molecule has 0 radical (unpaired) electrons. The number of fused-ring (bicyclic) bond motifs is 2. The Morgan fingerprint density at radius 2 is 2.29 bits per heavy atom. The molecule has 6 heteroatoms. The van der Waals surface area contributed by atoms with Crippen molar-refractivity contribution in [1.82, 2.24) is 15.3 Å². The van der Waals surface area contributed by atoms with Crippen LogP contribution in [0.5, 0.6) is 0 Å². The number of hydrogen-bond acceptors (Lipinski definition) is 5. The third-order valence-corrected chi connectivity index (χ3v) is 3.33. The Kier molecular flexibility index (Phi) is 2.44. The Hall–Kier alpha value is -1.69. The molecule has 17 heavy (non-hydrogen) atoms. The van der Waals surface area contributed by atoms with E-state index in [0.717, 1.165) is 19.3 Å². The number of hydrogen-bond donors (Lipinski definition) is 2. The number of nitrogen functional groups attached to an aromatic ring is 1. The molecule has 2 saturated heterocycles. The van der Waals surface area contributed by atoms with Gasteiger partial charge in [0.2, 0.25) is 0 Å². The van der Waals surface area contributed by atoms with E-state index in [2.05, 4.69) is 15.3 Å². The first-order chi connectivity index (χ1) is 8.22. The fourth-order valence-corrected chi connectivity index (χ4v) is 2.49. The monoisotopic (exact) mass is 234 g/mol. The minimum Gasteiger partial charge on any atom is -0.382 e. The zero-order valence-corrected chi connectivity index (χ0v) is 9.30. The number of carbonyl (C=O) groups excluding carboxylic acids is 1. The summed E-state index contributed by atoms with van der Waals surface area (Å²) < 4.78 is 5.67. The van der Waals surface area contributed by atoms with E-state index in [1.54, 1.807) is 0 Å². The topological polar surface area (TPSA) is 90.1 Å². The van der Waals surface area contributed by atoms with Gasteiger partial charge in [-0.1, -0.05) is 0 Å². The molecule has 1 aromatic rings. The maximum Gasteiger partial charge on any atom is 0.271 e. The Balaban J connectivity index is 1.65. The highest BCUT2D eigenvalue weighted by molar-refractivity contribution is 5.92. The van der Waals surface area contributed by atoms with Gasteiger partial charge in [-0.05, 0) is 19.3 Å². The predicted octanol–water partition coefficient (Wildman–Crippen LogP) is 0.108. The number of amides is 1. The van der Waals surface area contributed by atoms with Crippen LogP contribution in [-0.4, -0.2) is 34.1 Å². The largest absolute Gasteiger partial charge is 0.382 e. The zero-order valence-electron chi connectivity index (χ0n) is 9.30. The lowest BCUT2D eigenvalue weighted by atomic mass is 9.95. The highest BCUT2D eigenvalue weighted by atomic mass is 16.5. The van der Waals surface area contributed by atoms with Gasteiger partial charge in [0.15, 0.2) is 0 Å². The van der Waals surface area contributed by atoms with Crippen molar-refractivity contribution >= 4 is 11.7 Å². The van der Waals surface area contributed by atoms with Crippen molar-refractivity contribution in [3.63, 3.8) is 0 Å². The van der Waals surface area contributed by atoms with E-state index in [9.17, 15) is 4.79 Å². The molecule has 6 nitrogen and oxygen atoms in total. The Morgan fingerprint density at radius 3 is 2.88 bits per heavy atom. The van der Waals surface area contributed by atoms with Gasteiger partial charge in [0.1, 0.15) is 11.5 Å². The van der Waals surface area contributed by atoms with Crippen LogP contribution < -0.4 is 11.1 Å². The normalized spacial score (nSPS) is 30.5. The quantitative estimate of drug-likeness (QED) is 0.758. The van der Waals surface area contributed by atoms with E-state index in [-0.39, 0.29) is 18.1 Å². The molecular formula is C11H14N4O2. The number of nitrogens with one attached hydrogen (secondary N) is 1. The van der Waals surface area contributed by atoms with Crippen molar-refractivity contribution in [2.45, 2.75) is 37.5 Å². The molecule has 2 aliphatic rings. The molecular weight excluding hydrogens is 220 g/mol. The number of carbonyl (C=O) groups is 1. The van der Waals surface area contributed by atoms with Gasteiger partial charge in [-0.15, -0.1) is 0 Å². The number of nitrogens with two attached hydrogens (primary N) is 1. The molecule has 1 amide bonds. The van der Waals surface area contributed by atoms with Crippen LogP contribution in [0.1, 0.15) is 29.8 Å². The van der Waals surface area contributed by atoms with Crippen LogP contribution in [0.2, 0.25) is 0 Å². The van der Waals surface area contributed by atoms with Crippen LogP contribution in [-0.2, 0) is 4.74 Å². The predicted molar refractivity (Wildman–Crippen MR) is 60.2 cm³/mol. The average molecular weight is 234 g/mol. The number of anilines is 1. The SMILES string of the molecule is Nc1cnc(C(=O)NC2CC3CCC2O3)cn1. The highest BCUT2D eigenvalue weighted by Gasteiger charge is 2.41. The smallest absolute Gasteiger partial charge is 0.271 e. The summed E-state index contributed by atoms with van der Waals surface area (Å²) in [6.07, 6.45) is 6.30. The molecule has 3 heterocycles. The van der Waals surface area contributed by atoms with Crippen LogP contribution in [0.4, 0.5) is 5.82 Å². The lowest BCUT2D eigenvalue weighted by Gasteiger charge is -2.19. The Bertz CT molecular complexity index is 434. The van der Waals surface area contributed by atoms with E-state index < -0.39 is 0 Å². The number of nitrogens with zero attached hydrogens (tertiary/aromatic N) is 2. The molecule has 2 bridgehead atoms. The number of aromatic nitrogens is 2. The molecule has 1 aromatic heterocycles. The first kappa shape index (κ1) is 10.5. The molecule has 0 aromatic carbocycles. The Morgan fingerprint density at radius 1 is 1.41 bits per heavy atom. The number of ether oxygens (including phenoxy) is 1. The molecule has 3 N–H and O–H groups in total. The van der Waals surface area contributed by atoms with Crippen molar-refractivity contribution in [3.05, 3.63) is 18.1 Å². The molecule has 3 rings (SSSR count). The lowest BCUT2D eigenvalue weighted by molar-refractivity contribution is 0.0837. The molecule has 2 fully saturated rings. The van der Waals surface area contributed by atoms with Crippen molar-refractivity contribution in [3.8, 4) is 0 Å². The van der Waals surface area contributed by atoms with Gasteiger partial charge >= 0.3 is 0 Å². The summed E-state index contributed by atoms with van der Waals surface area (Å²) in [6, 6.07) is 0.112. The van der Waals surface area contributed by atoms with Gasteiger partial charge in [-0.25, -0.2) is 9.97 Å². The van der Waals surface area contributed by atoms with Crippen molar-refractivity contribution in [1.29, 1.82) is 0 Å². The minimum absolute atomic E-state index is 0.112. The third-order valence-electron chi connectivity index (χ3n) is 3.33. The maximum absolute atomic E-state index is 11.9. The van der Waals surface area contributed by atoms with Crippen LogP contribution in [0, 0.1) is 0 Å². The summed E-state index contributed by atoms with van der Waals surface area (Å²) >= 11 is 0. The summed E-state index contributed by atoms with van der Waals surface area (Å²) in [5.74, 6) is 0.100. The van der Waals surface area contributed by atoms with Crippen LogP contribution >= 0.6 is 0 Å². The second-order valence-corrected chi connectivity index (χ2v) is 4.52. The first-order valence-electron chi connectivity index (χ1n) is 5.76. The van der Waals surface area contributed by atoms with E-state index >= 15 is 0 Å². The first-order valence-corrected chi connectivity index (χ1v) is 5.76. The van der Waals surface area contributed by atoms with Gasteiger partial charge in [0, 0.05) is 0 Å². The minimum atomic E-state index is -0.210. The van der Waals surface area contributed by atoms with Gasteiger partial charge in [0.05, 0.1) is 30.6 Å². The van der Waals surface area contributed by atoms with Crippen LogP contribution in [0.3, 0.4) is 0 Å². The lowest BCUT2D eigenvalue weighted by Crippen LogP contribution is -2.41. The standard InChI is InChI=1S/C11H14N4O2/c12-10-5-13-8(4-14-10)11(16)15-7-3-6-1-2-9(7)17-6/h4-7,9H,1-3H2,(H2,12,14)(H,15,16). The summed E-state index contributed by atoms with van der Waals surface area (Å²) in [5, 5.41) is 2.94. The van der Waals surface area contributed by atoms with Gasteiger partial charge in [0.25, 0.3) is 5.91 Å². The summed E-state index contributed by atoms with van der Waals surface area (Å²) in [6.45, 7) is 0. The van der Waals surface area contributed by atoms with Crippen molar-refractivity contribution < 1.29 is 9.53 Å². The van der Waals surface area contributed by atoms with Crippen LogP contribution in [0.15, 0.2) is 12.4 Å².